The minimum Gasteiger partial charge on any atom is -0.412 e. The summed E-state index contributed by atoms with van der Waals surface area (Å²) in [7, 11) is -14.2. The molecular formula is H2F5N3OP3+. The summed E-state index contributed by atoms with van der Waals surface area (Å²) in [6, 6.07) is 0. The average molecular weight is 248 g/mol. The SMILES string of the molecule is F[P+]1=NP(F)(F)=NP(F)(F)=N1.O. The molecule has 0 fully saturated rings. The summed E-state index contributed by atoms with van der Waals surface area (Å²) in [6.45, 7) is 0. The molecule has 1 unspecified atom stereocenters. The number of hydrogen-bond donors (Lipinski definition) is 0. The van der Waals surface area contributed by atoms with Crippen LogP contribution in [0.25, 0.3) is 0 Å². The summed E-state index contributed by atoms with van der Waals surface area (Å²) in [5, 5.41) is 0. The van der Waals surface area contributed by atoms with Crippen LogP contribution in [0.4, 0.5) is 21.0 Å². The van der Waals surface area contributed by atoms with Gasteiger partial charge in [-0.1, -0.05) is 0 Å². The van der Waals surface area contributed by atoms with E-state index in [-0.39, 0.29) is 5.48 Å². The van der Waals surface area contributed by atoms with Gasteiger partial charge in [-0.3, -0.25) is 0 Å². The third-order valence-electron chi connectivity index (χ3n) is 0.578. The Hall–Kier alpha value is 0.170. The average Bonchev–Trinajstić information content (AvgIpc) is 1.49. The molecule has 1 aliphatic heterocycles. The van der Waals surface area contributed by atoms with Gasteiger partial charge in [-0.15, -0.1) is 21.3 Å². The highest BCUT2D eigenvalue weighted by Gasteiger charge is 2.40. The zero-order chi connectivity index (χ0) is 8.70. The van der Waals surface area contributed by atoms with Crippen LogP contribution >= 0.6 is 23.8 Å². The van der Waals surface area contributed by atoms with Gasteiger partial charge in [-0.25, -0.2) is 0 Å². The molecular weight excluding hydrogens is 246 g/mol. The summed E-state index contributed by atoms with van der Waals surface area (Å²) in [4.78, 5) is 0. The molecule has 1 aliphatic rings. The van der Waals surface area contributed by atoms with E-state index in [0.717, 1.165) is 0 Å². The van der Waals surface area contributed by atoms with Crippen LogP contribution < -0.4 is 0 Å². The summed E-state index contributed by atoms with van der Waals surface area (Å²) in [6.07, 6.45) is 0. The molecule has 12 heavy (non-hydrogen) atoms. The van der Waals surface area contributed by atoms with Crippen molar-refractivity contribution < 1.29 is 26.5 Å². The van der Waals surface area contributed by atoms with Crippen molar-refractivity contribution in [2.75, 3.05) is 0 Å². The highest BCUT2D eigenvalue weighted by molar-refractivity contribution is 7.74. The van der Waals surface area contributed by atoms with Crippen molar-refractivity contribution in [2.45, 2.75) is 0 Å². The van der Waals surface area contributed by atoms with Gasteiger partial charge in [0.05, 0.1) is 13.2 Å². The monoisotopic (exact) mass is 248 g/mol. The third-order valence-corrected chi connectivity index (χ3v) is 5.20. The fourth-order valence-electron chi connectivity index (χ4n) is 0.361. The second kappa shape index (κ2) is 3.50. The largest absolute Gasteiger partial charge is 0.598 e. The molecule has 0 aromatic carbocycles. The van der Waals surface area contributed by atoms with Gasteiger partial charge in [0.25, 0.3) is 0 Å². The Morgan fingerprint density at radius 2 is 1.50 bits per heavy atom. The minimum absolute atomic E-state index is 0. The van der Waals surface area contributed by atoms with E-state index in [1.807, 2.05) is 0 Å². The quantitative estimate of drug-likeness (QED) is 0.450. The standard InChI is InChI=1S/F5N3P3.H2O/c1-9-6-10(2,3)8-11(4,5)7-9;/h;1H2/q+1;. The van der Waals surface area contributed by atoms with Gasteiger partial charge in [-0.2, -0.15) is 0 Å². The first-order chi connectivity index (χ1) is 4.81. The van der Waals surface area contributed by atoms with Crippen LogP contribution in [0.1, 0.15) is 0 Å². The van der Waals surface area contributed by atoms with E-state index < -0.39 is 23.8 Å². The van der Waals surface area contributed by atoms with E-state index in [2.05, 4.69) is 9.03 Å². The predicted octanol–water partition coefficient (Wildman–Crippen LogP) is 4.41. The van der Waals surface area contributed by atoms with Crippen LogP contribution in [-0.2, 0) is 0 Å². The van der Waals surface area contributed by atoms with Gasteiger partial charge in [0.2, 0.25) is 0 Å². The van der Waals surface area contributed by atoms with E-state index in [0.29, 0.717) is 0 Å². The molecule has 0 saturated carbocycles. The molecule has 0 aromatic rings. The normalized spacial score (nSPS) is 27.2. The van der Waals surface area contributed by atoms with Crippen molar-refractivity contribution in [3.63, 3.8) is 0 Å². The van der Waals surface area contributed by atoms with Crippen LogP contribution in [0.5, 0.6) is 0 Å². The number of hydrogen-bond acceptors (Lipinski definition) is 3. The predicted molar refractivity (Wildman–Crippen MR) is 37.2 cm³/mol. The molecule has 1 rings (SSSR count). The Morgan fingerprint density at radius 3 is 1.83 bits per heavy atom. The molecule has 4 nitrogen and oxygen atoms in total. The Morgan fingerprint density at radius 1 is 1.00 bits per heavy atom. The molecule has 0 saturated heterocycles. The molecule has 2 N–H and O–H groups in total. The molecule has 0 spiro atoms. The zero-order valence-corrected chi connectivity index (χ0v) is 7.76. The lowest BCUT2D eigenvalue weighted by Crippen LogP contribution is -1.61. The summed E-state index contributed by atoms with van der Waals surface area (Å²) >= 11 is 0. The van der Waals surface area contributed by atoms with Gasteiger partial charge < -0.3 is 5.48 Å². The van der Waals surface area contributed by atoms with Gasteiger partial charge in [0.1, 0.15) is 0 Å². The molecule has 0 bridgehead atoms. The van der Waals surface area contributed by atoms with E-state index in [1.165, 1.54) is 0 Å². The minimum atomic E-state index is -5.40. The fourth-order valence-corrected chi connectivity index (χ4v) is 4.21. The lowest BCUT2D eigenvalue weighted by molar-refractivity contribution is 0.698. The highest BCUT2D eigenvalue weighted by atomic mass is 31.3. The first-order valence-corrected chi connectivity index (χ1v) is 6.14. The second-order valence-electron chi connectivity index (χ2n) is 1.42. The first-order valence-electron chi connectivity index (χ1n) is 2.05. The van der Waals surface area contributed by atoms with Crippen LogP contribution in [0, 0.1) is 0 Å². The molecule has 1 atom stereocenters. The second-order valence-corrected chi connectivity index (χ2v) is 5.87. The van der Waals surface area contributed by atoms with Crippen LogP contribution in [0.3, 0.4) is 0 Å². The molecule has 72 valence electrons. The van der Waals surface area contributed by atoms with Crippen molar-refractivity contribution in [1.29, 1.82) is 0 Å². The number of nitrogens with zero attached hydrogens (tertiary/aromatic N) is 3. The van der Waals surface area contributed by atoms with Crippen LogP contribution in [0.2, 0.25) is 0 Å². The smallest absolute Gasteiger partial charge is 0.412 e. The molecule has 0 aromatic heterocycles. The fraction of sp³-hybridized carbons (Fsp3) is 0. The maximum Gasteiger partial charge on any atom is 0.598 e. The lowest BCUT2D eigenvalue weighted by atomic mass is 13.8. The third kappa shape index (κ3) is 3.27. The van der Waals surface area contributed by atoms with Crippen LogP contribution in [0.15, 0.2) is 13.5 Å². The number of halogens is 5. The Balaban J connectivity index is 0.00000121. The van der Waals surface area contributed by atoms with Gasteiger partial charge in [0, 0.05) is 0 Å². The van der Waals surface area contributed by atoms with E-state index in [1.54, 1.807) is 4.52 Å². The van der Waals surface area contributed by atoms with Crippen molar-refractivity contribution in [3.05, 3.63) is 0 Å². The summed E-state index contributed by atoms with van der Waals surface area (Å²) in [5.41, 5.74) is 0. The van der Waals surface area contributed by atoms with E-state index >= 15 is 0 Å². The Kier molecular flexibility index (Phi) is 3.55. The highest BCUT2D eigenvalue weighted by Crippen LogP contribution is 2.76. The van der Waals surface area contributed by atoms with Crippen molar-refractivity contribution in [3.8, 4) is 0 Å². The zero-order valence-electron chi connectivity index (χ0n) is 5.07. The Bertz CT molecular complexity index is 300. The molecule has 12 heteroatoms. The number of rotatable bonds is 0. The first kappa shape index (κ1) is 12.2. The van der Waals surface area contributed by atoms with Crippen LogP contribution in [-0.4, -0.2) is 5.48 Å². The maximum absolute atomic E-state index is 12.0. The summed E-state index contributed by atoms with van der Waals surface area (Å²) in [5.74, 6) is 0. The topological polar surface area (TPSA) is 68.6 Å². The van der Waals surface area contributed by atoms with Crippen molar-refractivity contribution >= 4 is 23.8 Å². The van der Waals surface area contributed by atoms with Crippen molar-refractivity contribution in [2.24, 2.45) is 13.5 Å². The van der Waals surface area contributed by atoms with Crippen molar-refractivity contribution in [1.82, 2.24) is 0 Å². The van der Waals surface area contributed by atoms with Gasteiger partial charge in [0.15, 0.2) is 0 Å². The lowest BCUT2D eigenvalue weighted by Gasteiger charge is -1.97. The van der Waals surface area contributed by atoms with Gasteiger partial charge in [-0.05, 0) is 0 Å². The Labute approximate surface area is 64.8 Å². The van der Waals surface area contributed by atoms with E-state index in [4.69, 9.17) is 0 Å². The molecule has 0 amide bonds. The maximum atomic E-state index is 12.0. The molecule has 0 aliphatic carbocycles. The van der Waals surface area contributed by atoms with Gasteiger partial charge >= 0.3 is 23.8 Å². The molecule has 1 heterocycles. The summed E-state index contributed by atoms with van der Waals surface area (Å²) < 4.78 is 65.9. The van der Waals surface area contributed by atoms with E-state index in [9.17, 15) is 21.0 Å². The molecule has 0 radical (unpaired) electrons.